The van der Waals surface area contributed by atoms with Crippen molar-refractivity contribution < 1.29 is 14.4 Å². The summed E-state index contributed by atoms with van der Waals surface area (Å²) in [4.78, 5) is 33.8. The van der Waals surface area contributed by atoms with E-state index in [0.29, 0.717) is 16.6 Å². The van der Waals surface area contributed by atoms with Gasteiger partial charge in [0.15, 0.2) is 6.17 Å². The number of amides is 1. The predicted octanol–water partition coefficient (Wildman–Crippen LogP) is 5.22. The van der Waals surface area contributed by atoms with Crippen LogP contribution in [-0.4, -0.2) is 51.4 Å². The maximum Gasteiger partial charge on any atom is 0.427 e. The number of anilines is 1. The summed E-state index contributed by atoms with van der Waals surface area (Å²) in [5.74, 6) is 2.31. The quantitative estimate of drug-likeness (QED) is 0.428. The average Bonchev–Trinajstić information content (AvgIpc) is 3.53. The van der Waals surface area contributed by atoms with Gasteiger partial charge in [0, 0.05) is 44.2 Å². The first-order valence-corrected chi connectivity index (χ1v) is 14.3. The zero-order chi connectivity index (χ0) is 27.1. The number of rotatable bonds is 6. The third-order valence-electron chi connectivity index (χ3n) is 8.52. The maximum absolute atomic E-state index is 11.8. The molecule has 11 heteroatoms. The van der Waals surface area contributed by atoms with Crippen molar-refractivity contribution in [3.8, 4) is 11.3 Å². The van der Waals surface area contributed by atoms with Crippen LogP contribution >= 0.6 is 11.6 Å². The van der Waals surface area contributed by atoms with Gasteiger partial charge in [-0.2, -0.15) is 0 Å². The molecule has 208 valence electrons. The lowest BCUT2D eigenvalue weighted by Crippen LogP contribution is -2.44. The van der Waals surface area contributed by atoms with Crippen LogP contribution in [0.25, 0.3) is 22.3 Å². The van der Waals surface area contributed by atoms with E-state index >= 15 is 0 Å². The summed E-state index contributed by atoms with van der Waals surface area (Å²) in [6.07, 6.45) is 9.34. The van der Waals surface area contributed by atoms with Gasteiger partial charge in [-0.1, -0.05) is 31.4 Å². The highest BCUT2D eigenvalue weighted by Crippen LogP contribution is 2.38. The highest BCUT2D eigenvalue weighted by molar-refractivity contribution is 6.30. The maximum atomic E-state index is 11.8. The number of carbonyl (C=O) groups is 1. The number of nitrogens with zero attached hydrogens (tertiary/aromatic N) is 5. The summed E-state index contributed by atoms with van der Waals surface area (Å²) in [5, 5.41) is 3.30. The Labute approximate surface area is 233 Å². The molecule has 0 radical (unpaired) electrons. The number of nitrogens with one attached hydrogen (secondary N) is 2. The van der Waals surface area contributed by atoms with Crippen LogP contribution in [0.5, 0.6) is 0 Å². The first-order valence-electron chi connectivity index (χ1n) is 13.9. The van der Waals surface area contributed by atoms with Gasteiger partial charge < -0.3 is 19.0 Å². The molecular weight excluding hydrogens is 518 g/mol. The molecule has 3 aromatic heterocycles. The van der Waals surface area contributed by atoms with E-state index in [2.05, 4.69) is 39.1 Å². The predicted molar refractivity (Wildman–Crippen MR) is 149 cm³/mol. The minimum absolute atomic E-state index is 0.257. The number of halogens is 1. The van der Waals surface area contributed by atoms with E-state index in [1.807, 2.05) is 12.1 Å². The molecule has 0 aromatic carbocycles. The molecule has 2 saturated heterocycles. The van der Waals surface area contributed by atoms with Gasteiger partial charge in [-0.25, -0.2) is 14.8 Å². The first-order chi connectivity index (χ1) is 18.9. The number of hydrogen-bond donors (Lipinski definition) is 2. The number of piperidine rings is 1. The lowest BCUT2D eigenvalue weighted by Gasteiger charge is -2.38. The van der Waals surface area contributed by atoms with Crippen molar-refractivity contribution in [3.63, 3.8) is 0 Å². The molecule has 3 atom stereocenters. The second-order valence-electron chi connectivity index (χ2n) is 11.3. The molecule has 0 bridgehead atoms. The summed E-state index contributed by atoms with van der Waals surface area (Å²) in [5.41, 5.74) is 6.65. The monoisotopic (exact) mass is 553 g/mol. The molecule has 6 rings (SSSR count). The minimum atomic E-state index is -0.586. The van der Waals surface area contributed by atoms with Gasteiger partial charge in [0.1, 0.15) is 0 Å². The topological polar surface area (TPSA) is 106 Å². The van der Waals surface area contributed by atoms with Crippen LogP contribution in [0.2, 0.25) is 5.02 Å². The number of fused-ring (bicyclic) bond motifs is 1. The number of pyridine rings is 2. The molecule has 0 spiro atoms. The second-order valence-corrected chi connectivity index (χ2v) is 11.7. The molecule has 2 aliphatic heterocycles. The molecule has 1 saturated carbocycles. The Morgan fingerprint density at radius 3 is 2.64 bits per heavy atom. The van der Waals surface area contributed by atoms with Crippen LogP contribution in [-0.2, 0) is 16.1 Å². The fourth-order valence-corrected chi connectivity index (χ4v) is 6.45. The fourth-order valence-electron chi connectivity index (χ4n) is 6.28. The molecule has 1 aliphatic carbocycles. The number of aromatic nitrogens is 4. The SMILES string of the molecule is CO[C@H]1CCN(c2nc3cc(C4NOC(=O)N4)nc(-c4cncc(Cl)c4)c3n2CC2CCC(C)CC2)[C@H](C)C1. The lowest BCUT2D eigenvalue weighted by molar-refractivity contribution is 0.0716. The van der Waals surface area contributed by atoms with E-state index in [1.165, 1.54) is 25.7 Å². The molecule has 39 heavy (non-hydrogen) atoms. The van der Waals surface area contributed by atoms with Crippen LogP contribution in [0.1, 0.15) is 64.2 Å². The fraction of sp³-hybridized carbons (Fsp3) is 0.571. The van der Waals surface area contributed by atoms with E-state index in [0.717, 1.165) is 60.1 Å². The zero-order valence-electron chi connectivity index (χ0n) is 22.7. The molecule has 5 heterocycles. The number of hydrogen-bond acceptors (Lipinski definition) is 8. The van der Waals surface area contributed by atoms with Crippen molar-refractivity contribution in [1.82, 2.24) is 30.3 Å². The number of hydroxylamine groups is 1. The van der Waals surface area contributed by atoms with Gasteiger partial charge in [-0.05, 0) is 56.6 Å². The molecule has 1 unspecified atom stereocenters. The van der Waals surface area contributed by atoms with Crippen molar-refractivity contribution in [3.05, 3.63) is 35.2 Å². The summed E-state index contributed by atoms with van der Waals surface area (Å²) in [6.45, 7) is 6.34. The Morgan fingerprint density at radius 1 is 1.13 bits per heavy atom. The summed E-state index contributed by atoms with van der Waals surface area (Å²) >= 11 is 6.39. The molecule has 1 amide bonds. The molecule has 3 fully saturated rings. The van der Waals surface area contributed by atoms with E-state index < -0.39 is 12.3 Å². The van der Waals surface area contributed by atoms with Crippen LogP contribution in [0.3, 0.4) is 0 Å². The number of ether oxygens (including phenoxy) is 1. The highest BCUT2D eigenvalue weighted by Gasteiger charge is 2.33. The Balaban J connectivity index is 1.52. The van der Waals surface area contributed by atoms with E-state index in [-0.39, 0.29) is 12.1 Å². The van der Waals surface area contributed by atoms with Gasteiger partial charge in [0.25, 0.3) is 0 Å². The summed E-state index contributed by atoms with van der Waals surface area (Å²) in [6, 6.07) is 4.10. The summed E-state index contributed by atoms with van der Waals surface area (Å²) in [7, 11) is 1.80. The molecule has 10 nitrogen and oxygen atoms in total. The third-order valence-corrected chi connectivity index (χ3v) is 8.73. The Bertz CT molecular complexity index is 1360. The van der Waals surface area contributed by atoms with Gasteiger partial charge in [0.2, 0.25) is 5.95 Å². The van der Waals surface area contributed by atoms with E-state index in [1.54, 1.807) is 19.5 Å². The Kier molecular flexibility index (Phi) is 7.35. The van der Waals surface area contributed by atoms with Crippen LogP contribution in [0.4, 0.5) is 10.7 Å². The minimum Gasteiger partial charge on any atom is -0.381 e. The third kappa shape index (κ3) is 5.29. The number of carbonyl (C=O) groups excluding carboxylic acids is 1. The van der Waals surface area contributed by atoms with Gasteiger partial charge >= 0.3 is 6.09 Å². The smallest absolute Gasteiger partial charge is 0.381 e. The van der Waals surface area contributed by atoms with E-state index in [4.69, 9.17) is 31.1 Å². The van der Waals surface area contributed by atoms with Gasteiger partial charge in [0.05, 0.1) is 33.5 Å². The van der Waals surface area contributed by atoms with Crippen LogP contribution in [0, 0.1) is 11.8 Å². The zero-order valence-corrected chi connectivity index (χ0v) is 23.4. The Morgan fingerprint density at radius 2 is 1.95 bits per heavy atom. The largest absolute Gasteiger partial charge is 0.427 e. The highest BCUT2D eigenvalue weighted by atomic mass is 35.5. The average molecular weight is 554 g/mol. The van der Waals surface area contributed by atoms with Crippen molar-refractivity contribution in [1.29, 1.82) is 0 Å². The molecule has 2 N–H and O–H groups in total. The molecule has 3 aliphatic rings. The number of imidazole rings is 1. The van der Waals surface area contributed by atoms with E-state index in [9.17, 15) is 4.79 Å². The standard InChI is InChI=1S/C28H36ClN7O3/c1-16-4-6-18(7-5-16)15-36-25-22(32-27(36)35-9-8-21(38-3)10-17(35)2)12-23(26-33-28(37)39-34-26)31-24(25)19-11-20(29)14-30-13-19/h11-14,16-18,21,26,34H,4-10,15H2,1-3H3,(H,33,37)/t16?,17-,18?,21+,26?/m1/s1. The number of methoxy groups -OCH3 is 1. The van der Waals surface area contributed by atoms with Crippen molar-refractivity contribution >= 4 is 34.7 Å². The van der Waals surface area contributed by atoms with Crippen LogP contribution < -0.4 is 15.7 Å². The summed E-state index contributed by atoms with van der Waals surface area (Å²) < 4.78 is 8.08. The van der Waals surface area contributed by atoms with Crippen LogP contribution in [0.15, 0.2) is 24.5 Å². The lowest BCUT2D eigenvalue weighted by atomic mass is 9.83. The second kappa shape index (κ2) is 10.9. The Hall–Kier alpha value is -2.95. The van der Waals surface area contributed by atoms with Crippen molar-refractivity contribution in [2.24, 2.45) is 11.8 Å². The van der Waals surface area contributed by atoms with Crippen molar-refractivity contribution in [2.75, 3.05) is 18.6 Å². The normalized spacial score (nSPS) is 27.5. The van der Waals surface area contributed by atoms with Gasteiger partial charge in [-0.3, -0.25) is 10.3 Å². The van der Waals surface area contributed by atoms with Crippen molar-refractivity contribution in [2.45, 2.75) is 77.2 Å². The first kappa shape index (κ1) is 26.3. The molecule has 3 aromatic rings. The van der Waals surface area contributed by atoms with Gasteiger partial charge in [-0.15, -0.1) is 5.48 Å². The molecular formula is C28H36ClN7O3.